The van der Waals surface area contributed by atoms with Gasteiger partial charge in [-0.05, 0) is 31.8 Å². The van der Waals surface area contributed by atoms with E-state index in [0.29, 0.717) is 11.6 Å². The number of ether oxygens (including phenoxy) is 1. The predicted molar refractivity (Wildman–Crippen MR) is 75.5 cm³/mol. The van der Waals surface area contributed by atoms with Gasteiger partial charge in [-0.25, -0.2) is 4.98 Å². The molecule has 0 saturated heterocycles. The molecule has 0 atom stereocenters. The second-order valence-electron chi connectivity index (χ2n) is 4.36. The summed E-state index contributed by atoms with van der Waals surface area (Å²) < 4.78 is 9.75. The molecule has 0 aliphatic rings. The third-order valence-electron chi connectivity index (χ3n) is 2.37. The maximum Gasteiger partial charge on any atom is 0.197 e. The molecule has 2 aromatic heterocycles. The number of nitrogens with one attached hydrogen (secondary N) is 2. The van der Waals surface area contributed by atoms with Crippen molar-refractivity contribution in [3.63, 3.8) is 0 Å². The van der Waals surface area contributed by atoms with Crippen molar-refractivity contribution in [3.05, 3.63) is 12.2 Å². The van der Waals surface area contributed by atoms with E-state index in [-0.39, 0.29) is 6.10 Å². The first-order valence-corrected chi connectivity index (χ1v) is 6.94. The quantitative estimate of drug-likeness (QED) is 0.668. The van der Waals surface area contributed by atoms with Crippen LogP contribution in [-0.2, 0) is 6.42 Å². The van der Waals surface area contributed by atoms with Crippen molar-refractivity contribution in [2.45, 2.75) is 32.8 Å². The third-order valence-corrected chi connectivity index (χ3v) is 3.17. The number of H-pyrrole nitrogens is 1. The number of anilines is 2. The summed E-state index contributed by atoms with van der Waals surface area (Å²) in [6.45, 7) is 4.73. The Hall–Kier alpha value is -1.83. The lowest BCUT2D eigenvalue weighted by molar-refractivity contribution is 0.245. The van der Waals surface area contributed by atoms with Crippen LogP contribution in [0.3, 0.4) is 0 Å². The highest BCUT2D eigenvalue weighted by Crippen LogP contribution is 2.35. The highest BCUT2D eigenvalue weighted by molar-refractivity contribution is 7.11. The molecule has 4 N–H and O–H groups in total. The van der Waals surface area contributed by atoms with Crippen LogP contribution >= 0.6 is 11.5 Å². The molecule has 7 nitrogen and oxygen atoms in total. The summed E-state index contributed by atoms with van der Waals surface area (Å²) in [4.78, 5) is 4.07. The summed E-state index contributed by atoms with van der Waals surface area (Å²) in [6, 6.07) is 0. The Morgan fingerprint density at radius 3 is 3.05 bits per heavy atom. The number of hydrogen-bond donors (Lipinski definition) is 3. The lowest BCUT2D eigenvalue weighted by Crippen LogP contribution is -2.09. The predicted octanol–water partition coefficient (Wildman–Crippen LogP) is 1.68. The molecule has 0 saturated carbocycles. The van der Waals surface area contributed by atoms with E-state index in [9.17, 15) is 0 Å². The molecular formula is C11H18N6OS. The third kappa shape index (κ3) is 3.82. The number of hydrogen-bond acceptors (Lipinski definition) is 7. The molecule has 0 aliphatic heterocycles. The summed E-state index contributed by atoms with van der Waals surface area (Å²) in [7, 11) is 0. The van der Waals surface area contributed by atoms with Gasteiger partial charge in [0.05, 0.1) is 6.10 Å². The van der Waals surface area contributed by atoms with Crippen molar-refractivity contribution in [3.8, 4) is 5.75 Å². The second-order valence-corrected chi connectivity index (χ2v) is 5.13. The number of aromatic amines is 1. The molecule has 0 unspecified atom stereocenters. The first-order valence-electron chi connectivity index (χ1n) is 6.16. The van der Waals surface area contributed by atoms with Gasteiger partial charge in [-0.15, -0.1) is 0 Å². The van der Waals surface area contributed by atoms with Crippen LogP contribution in [0.4, 0.5) is 10.8 Å². The molecule has 0 aromatic carbocycles. The van der Waals surface area contributed by atoms with Crippen molar-refractivity contribution < 1.29 is 4.74 Å². The maximum absolute atomic E-state index is 5.78. The SMILES string of the molecule is CC(C)Oc1c(N)nsc1NCCCc1ncn[nH]1. The first-order chi connectivity index (χ1) is 9.16. The molecule has 2 aromatic rings. The van der Waals surface area contributed by atoms with Gasteiger partial charge in [0.25, 0.3) is 0 Å². The van der Waals surface area contributed by atoms with Crippen LogP contribution in [0, 0.1) is 0 Å². The van der Waals surface area contributed by atoms with Crippen LogP contribution in [0.2, 0.25) is 0 Å². The monoisotopic (exact) mass is 282 g/mol. The van der Waals surface area contributed by atoms with Gasteiger partial charge in [-0.3, -0.25) is 5.10 Å². The van der Waals surface area contributed by atoms with E-state index in [1.807, 2.05) is 13.8 Å². The van der Waals surface area contributed by atoms with Crippen molar-refractivity contribution in [1.29, 1.82) is 0 Å². The summed E-state index contributed by atoms with van der Waals surface area (Å²) in [6.07, 6.45) is 3.38. The highest BCUT2D eigenvalue weighted by atomic mass is 32.1. The minimum Gasteiger partial charge on any atom is -0.484 e. The Balaban J connectivity index is 1.82. The Bertz CT molecular complexity index is 495. The van der Waals surface area contributed by atoms with Gasteiger partial charge < -0.3 is 15.8 Å². The van der Waals surface area contributed by atoms with Gasteiger partial charge >= 0.3 is 0 Å². The second kappa shape index (κ2) is 6.37. The zero-order chi connectivity index (χ0) is 13.7. The van der Waals surface area contributed by atoms with Gasteiger partial charge in [0, 0.05) is 13.0 Å². The van der Waals surface area contributed by atoms with Crippen LogP contribution in [0.1, 0.15) is 26.1 Å². The molecule has 2 heterocycles. The average molecular weight is 282 g/mol. The van der Waals surface area contributed by atoms with Gasteiger partial charge in [-0.2, -0.15) is 9.47 Å². The van der Waals surface area contributed by atoms with Crippen molar-refractivity contribution in [1.82, 2.24) is 19.6 Å². The lowest BCUT2D eigenvalue weighted by atomic mass is 10.3. The molecular weight excluding hydrogens is 264 g/mol. The zero-order valence-corrected chi connectivity index (χ0v) is 11.8. The van der Waals surface area contributed by atoms with E-state index in [1.54, 1.807) is 0 Å². The number of nitrogen functional groups attached to an aromatic ring is 1. The molecule has 2 rings (SSSR count). The fourth-order valence-electron chi connectivity index (χ4n) is 1.57. The number of rotatable bonds is 7. The van der Waals surface area contributed by atoms with Crippen molar-refractivity contribution >= 4 is 22.4 Å². The van der Waals surface area contributed by atoms with Gasteiger partial charge in [0.2, 0.25) is 0 Å². The fourth-order valence-corrected chi connectivity index (χ4v) is 2.24. The van der Waals surface area contributed by atoms with Crippen LogP contribution in [0.5, 0.6) is 5.75 Å². The molecule has 0 spiro atoms. The van der Waals surface area contributed by atoms with Crippen LogP contribution in [0.25, 0.3) is 0 Å². The number of nitrogens with zero attached hydrogens (tertiary/aromatic N) is 3. The van der Waals surface area contributed by atoms with Crippen LogP contribution in [-0.4, -0.2) is 32.2 Å². The minimum atomic E-state index is 0.0773. The fraction of sp³-hybridized carbons (Fsp3) is 0.545. The first kappa shape index (κ1) is 13.6. The summed E-state index contributed by atoms with van der Waals surface area (Å²) in [5.74, 6) is 1.99. The van der Waals surface area contributed by atoms with E-state index >= 15 is 0 Å². The normalized spacial score (nSPS) is 10.9. The summed E-state index contributed by atoms with van der Waals surface area (Å²) >= 11 is 1.32. The van der Waals surface area contributed by atoms with Gasteiger partial charge in [-0.1, -0.05) is 0 Å². The van der Waals surface area contributed by atoms with E-state index < -0.39 is 0 Å². The number of aromatic nitrogens is 4. The standard InChI is InChI=1S/C11H18N6OS/c1-7(2)18-9-10(12)17-19-11(9)13-5-3-4-8-14-6-15-16-8/h6-7,13H,3-5H2,1-2H3,(H2,12,17)(H,14,15,16). The van der Waals surface area contributed by atoms with Crippen molar-refractivity contribution in [2.24, 2.45) is 0 Å². The molecule has 0 amide bonds. The smallest absolute Gasteiger partial charge is 0.197 e. The van der Waals surface area contributed by atoms with E-state index in [1.165, 1.54) is 17.9 Å². The Labute approximate surface area is 115 Å². The van der Waals surface area contributed by atoms with E-state index in [2.05, 4.69) is 24.9 Å². The molecule has 0 aliphatic carbocycles. The Kier molecular flexibility index (Phi) is 4.56. The van der Waals surface area contributed by atoms with Crippen molar-refractivity contribution in [2.75, 3.05) is 17.6 Å². The molecule has 0 bridgehead atoms. The minimum absolute atomic E-state index is 0.0773. The Morgan fingerprint density at radius 1 is 1.53 bits per heavy atom. The molecule has 19 heavy (non-hydrogen) atoms. The molecule has 0 fully saturated rings. The molecule has 0 radical (unpaired) electrons. The highest BCUT2D eigenvalue weighted by Gasteiger charge is 2.13. The topological polar surface area (TPSA) is 102 Å². The maximum atomic E-state index is 5.78. The largest absolute Gasteiger partial charge is 0.484 e. The van der Waals surface area contributed by atoms with Crippen LogP contribution < -0.4 is 15.8 Å². The van der Waals surface area contributed by atoms with Gasteiger partial charge in [0.15, 0.2) is 16.6 Å². The summed E-state index contributed by atoms with van der Waals surface area (Å²) in [5.41, 5.74) is 5.78. The zero-order valence-electron chi connectivity index (χ0n) is 11.0. The van der Waals surface area contributed by atoms with Gasteiger partial charge in [0.1, 0.15) is 12.2 Å². The van der Waals surface area contributed by atoms with Crippen LogP contribution in [0.15, 0.2) is 6.33 Å². The molecule has 8 heteroatoms. The number of nitrogens with two attached hydrogens (primary N) is 1. The summed E-state index contributed by atoms with van der Waals surface area (Å²) in [5, 5.41) is 10.8. The molecule has 104 valence electrons. The lowest BCUT2D eigenvalue weighted by Gasteiger charge is -2.11. The number of aryl methyl sites for hydroxylation is 1. The van der Waals surface area contributed by atoms with E-state index in [0.717, 1.165) is 30.2 Å². The van der Waals surface area contributed by atoms with E-state index in [4.69, 9.17) is 10.5 Å². The Morgan fingerprint density at radius 2 is 2.37 bits per heavy atom. The average Bonchev–Trinajstić information content (AvgIpc) is 2.98.